The Bertz CT molecular complexity index is 530. The first-order chi connectivity index (χ1) is 8.48. The maximum absolute atomic E-state index is 11.3. The lowest BCUT2D eigenvalue weighted by atomic mass is 10.1. The summed E-state index contributed by atoms with van der Waals surface area (Å²) in [4.78, 5) is 8.38. The number of nitrogens with zero attached hydrogens (tertiary/aromatic N) is 2. The minimum Gasteiger partial charge on any atom is -0.384 e. The Morgan fingerprint density at radius 1 is 1.50 bits per heavy atom. The van der Waals surface area contributed by atoms with Gasteiger partial charge < -0.3 is 11.1 Å². The molecule has 100 valence electrons. The molecule has 1 fully saturated rings. The van der Waals surface area contributed by atoms with Gasteiger partial charge in [-0.1, -0.05) is 6.92 Å². The van der Waals surface area contributed by atoms with Crippen LogP contribution in [0.2, 0.25) is 0 Å². The van der Waals surface area contributed by atoms with Gasteiger partial charge in [-0.15, -0.1) is 0 Å². The van der Waals surface area contributed by atoms with Gasteiger partial charge in [0.2, 0.25) is 0 Å². The largest absolute Gasteiger partial charge is 0.384 e. The van der Waals surface area contributed by atoms with Gasteiger partial charge in [0.25, 0.3) is 0 Å². The van der Waals surface area contributed by atoms with Crippen molar-refractivity contribution in [3.8, 4) is 0 Å². The highest BCUT2D eigenvalue weighted by molar-refractivity contribution is 7.91. The molecule has 3 N–H and O–H groups in total. The molecule has 2 rings (SSSR count). The van der Waals surface area contributed by atoms with Gasteiger partial charge in [-0.3, -0.25) is 0 Å². The zero-order valence-corrected chi connectivity index (χ0v) is 11.2. The number of aromatic nitrogens is 2. The number of nitrogens with one attached hydrogen (secondary N) is 1. The standard InChI is InChI=1S/C11H18N4O2S/c1-2-10-14-9(12)5-11(15-10)13-6-8-3-4-18(16,17)7-8/h5,8H,2-4,6-7H2,1H3,(H3,12,13,14,15). The van der Waals surface area contributed by atoms with Crippen molar-refractivity contribution in [1.82, 2.24) is 9.97 Å². The Kier molecular flexibility index (Phi) is 3.70. The minimum atomic E-state index is -2.82. The summed E-state index contributed by atoms with van der Waals surface area (Å²) in [5, 5.41) is 3.14. The average Bonchev–Trinajstić information content (AvgIpc) is 2.65. The second kappa shape index (κ2) is 5.09. The molecule has 1 aromatic heterocycles. The van der Waals surface area contributed by atoms with Crippen molar-refractivity contribution in [3.05, 3.63) is 11.9 Å². The van der Waals surface area contributed by atoms with Gasteiger partial charge in [0.05, 0.1) is 11.5 Å². The first-order valence-electron chi connectivity index (χ1n) is 6.06. The van der Waals surface area contributed by atoms with E-state index in [0.717, 1.165) is 12.8 Å². The summed E-state index contributed by atoms with van der Waals surface area (Å²) >= 11 is 0. The number of aryl methyl sites for hydroxylation is 1. The van der Waals surface area contributed by atoms with Crippen molar-refractivity contribution in [1.29, 1.82) is 0 Å². The molecule has 0 amide bonds. The van der Waals surface area contributed by atoms with Crippen molar-refractivity contribution < 1.29 is 8.42 Å². The number of hydrogen-bond acceptors (Lipinski definition) is 6. The molecule has 1 aliphatic heterocycles. The maximum Gasteiger partial charge on any atom is 0.150 e. The van der Waals surface area contributed by atoms with Crippen molar-refractivity contribution in [3.63, 3.8) is 0 Å². The zero-order valence-electron chi connectivity index (χ0n) is 10.4. The highest BCUT2D eigenvalue weighted by Gasteiger charge is 2.27. The summed E-state index contributed by atoms with van der Waals surface area (Å²) in [6.07, 6.45) is 1.44. The minimum absolute atomic E-state index is 0.163. The third-order valence-electron chi connectivity index (χ3n) is 3.01. The predicted octanol–water partition coefficient (Wildman–Crippen LogP) is 0.468. The Morgan fingerprint density at radius 3 is 2.89 bits per heavy atom. The third-order valence-corrected chi connectivity index (χ3v) is 4.84. The molecule has 1 aromatic rings. The molecule has 1 atom stereocenters. The predicted molar refractivity (Wildman–Crippen MR) is 71.1 cm³/mol. The van der Waals surface area contributed by atoms with Crippen molar-refractivity contribution >= 4 is 21.5 Å². The van der Waals surface area contributed by atoms with Crippen molar-refractivity contribution in [2.75, 3.05) is 29.1 Å². The van der Waals surface area contributed by atoms with Gasteiger partial charge in [-0.05, 0) is 12.3 Å². The molecule has 6 nitrogen and oxygen atoms in total. The molecule has 7 heteroatoms. The molecule has 0 spiro atoms. The van der Waals surface area contributed by atoms with Crippen LogP contribution in [0.3, 0.4) is 0 Å². The van der Waals surface area contributed by atoms with Crippen molar-refractivity contribution in [2.45, 2.75) is 19.8 Å². The van der Waals surface area contributed by atoms with Gasteiger partial charge >= 0.3 is 0 Å². The molecular formula is C11H18N4O2S. The second-order valence-corrected chi connectivity index (χ2v) is 6.83. The lowest BCUT2D eigenvalue weighted by Crippen LogP contribution is -2.17. The highest BCUT2D eigenvalue weighted by Crippen LogP contribution is 2.19. The van der Waals surface area contributed by atoms with Crippen LogP contribution in [0.1, 0.15) is 19.2 Å². The lowest BCUT2D eigenvalue weighted by molar-refractivity contribution is 0.595. The summed E-state index contributed by atoms with van der Waals surface area (Å²) in [5.74, 6) is 2.52. The molecule has 0 radical (unpaired) electrons. The van der Waals surface area contributed by atoms with Crippen LogP contribution in [0.4, 0.5) is 11.6 Å². The molecule has 0 aliphatic carbocycles. The van der Waals surface area contributed by atoms with Gasteiger partial charge in [0.1, 0.15) is 17.5 Å². The normalized spacial score (nSPS) is 21.9. The highest BCUT2D eigenvalue weighted by atomic mass is 32.2. The Balaban J connectivity index is 1.96. The van der Waals surface area contributed by atoms with Crippen LogP contribution in [0.15, 0.2) is 6.07 Å². The molecule has 0 bridgehead atoms. The van der Waals surface area contributed by atoms with Crippen LogP contribution in [-0.2, 0) is 16.3 Å². The van der Waals surface area contributed by atoms with Crippen LogP contribution in [-0.4, -0.2) is 36.4 Å². The van der Waals surface area contributed by atoms with E-state index in [1.807, 2.05) is 6.92 Å². The van der Waals surface area contributed by atoms with E-state index >= 15 is 0 Å². The van der Waals surface area contributed by atoms with Gasteiger partial charge in [-0.25, -0.2) is 18.4 Å². The number of sulfone groups is 1. The van der Waals surface area contributed by atoms with Gasteiger partial charge in [-0.2, -0.15) is 0 Å². The Labute approximate surface area is 107 Å². The zero-order chi connectivity index (χ0) is 13.2. The molecule has 1 aliphatic rings. The second-order valence-electron chi connectivity index (χ2n) is 4.60. The topological polar surface area (TPSA) is 98.0 Å². The number of hydrogen-bond donors (Lipinski definition) is 2. The number of anilines is 2. The molecule has 1 saturated heterocycles. The molecule has 1 unspecified atom stereocenters. The Morgan fingerprint density at radius 2 is 2.28 bits per heavy atom. The number of nitrogen functional groups attached to an aromatic ring is 1. The van der Waals surface area contributed by atoms with Crippen LogP contribution < -0.4 is 11.1 Å². The maximum atomic E-state index is 11.3. The van der Waals surface area contributed by atoms with Gasteiger partial charge in [0.15, 0.2) is 9.84 Å². The monoisotopic (exact) mass is 270 g/mol. The van der Waals surface area contributed by atoms with Crippen LogP contribution >= 0.6 is 0 Å². The van der Waals surface area contributed by atoms with Crippen LogP contribution in [0, 0.1) is 5.92 Å². The van der Waals surface area contributed by atoms with E-state index in [1.54, 1.807) is 6.07 Å². The lowest BCUT2D eigenvalue weighted by Gasteiger charge is -2.11. The first-order valence-corrected chi connectivity index (χ1v) is 7.88. The fourth-order valence-electron chi connectivity index (χ4n) is 2.05. The summed E-state index contributed by atoms with van der Waals surface area (Å²) < 4.78 is 22.7. The SMILES string of the molecule is CCc1nc(N)cc(NCC2CCS(=O)(=O)C2)n1. The van der Waals surface area contributed by atoms with E-state index in [9.17, 15) is 8.42 Å². The fraction of sp³-hybridized carbons (Fsp3) is 0.636. The van der Waals surface area contributed by atoms with E-state index < -0.39 is 9.84 Å². The van der Waals surface area contributed by atoms with E-state index in [2.05, 4.69) is 15.3 Å². The average molecular weight is 270 g/mol. The van der Waals surface area contributed by atoms with E-state index in [0.29, 0.717) is 29.8 Å². The summed E-state index contributed by atoms with van der Waals surface area (Å²) in [5.41, 5.74) is 5.67. The van der Waals surface area contributed by atoms with E-state index in [4.69, 9.17) is 5.73 Å². The van der Waals surface area contributed by atoms with Crippen LogP contribution in [0.25, 0.3) is 0 Å². The summed E-state index contributed by atoms with van der Waals surface area (Å²) in [7, 11) is -2.82. The first kappa shape index (κ1) is 13.1. The molecule has 2 heterocycles. The summed E-state index contributed by atoms with van der Waals surface area (Å²) in [6.45, 7) is 2.57. The van der Waals surface area contributed by atoms with E-state index in [-0.39, 0.29) is 11.7 Å². The third kappa shape index (κ3) is 3.32. The molecule has 18 heavy (non-hydrogen) atoms. The number of nitrogens with two attached hydrogens (primary N) is 1. The van der Waals surface area contributed by atoms with Gasteiger partial charge in [0, 0.05) is 19.0 Å². The molecule has 0 saturated carbocycles. The van der Waals surface area contributed by atoms with Crippen molar-refractivity contribution in [2.24, 2.45) is 5.92 Å². The smallest absolute Gasteiger partial charge is 0.150 e. The quantitative estimate of drug-likeness (QED) is 0.825. The Hall–Kier alpha value is -1.37. The summed E-state index contributed by atoms with van der Waals surface area (Å²) in [6, 6.07) is 1.67. The van der Waals surface area contributed by atoms with E-state index in [1.165, 1.54) is 0 Å². The number of rotatable bonds is 4. The molecule has 0 aromatic carbocycles. The fourth-order valence-corrected chi connectivity index (χ4v) is 3.91. The van der Waals surface area contributed by atoms with Crippen LogP contribution in [0.5, 0.6) is 0 Å². The molecular weight excluding hydrogens is 252 g/mol.